The second-order valence-corrected chi connectivity index (χ2v) is 17.9. The third-order valence-electron chi connectivity index (χ3n) is 14.0. The van der Waals surface area contributed by atoms with E-state index in [4.69, 9.17) is 23.8 Å². The Labute approximate surface area is 399 Å². The first kappa shape index (κ1) is 38.5. The van der Waals surface area contributed by atoms with E-state index in [2.05, 4.69) is 209 Å². The Balaban J connectivity index is 0.982. The van der Waals surface area contributed by atoms with Gasteiger partial charge in [0.2, 0.25) is 5.95 Å². The van der Waals surface area contributed by atoms with Gasteiger partial charge in [-0.25, -0.2) is 15.0 Å². The lowest BCUT2D eigenvalue weighted by atomic mass is 10.0. The summed E-state index contributed by atoms with van der Waals surface area (Å²) in [6.07, 6.45) is 0. The average molecular weight is 896 g/mol. The molecule has 0 saturated heterocycles. The number of aromatic nitrogens is 5. The number of para-hydroxylation sites is 3. The number of rotatable bonds is 6. The van der Waals surface area contributed by atoms with Crippen LogP contribution in [0.15, 0.2) is 233 Å². The molecule has 0 radical (unpaired) electrons. The van der Waals surface area contributed by atoms with Crippen LogP contribution in [0.25, 0.3) is 144 Å². The highest BCUT2D eigenvalue weighted by atomic mass is 16.3. The monoisotopic (exact) mass is 895 g/mol. The van der Waals surface area contributed by atoms with Crippen LogP contribution >= 0.6 is 0 Å². The van der Waals surface area contributed by atoms with Gasteiger partial charge in [0.1, 0.15) is 28.1 Å². The van der Waals surface area contributed by atoms with Crippen molar-refractivity contribution in [3.05, 3.63) is 224 Å². The molecule has 15 aromatic rings. The van der Waals surface area contributed by atoms with E-state index in [1.165, 1.54) is 0 Å². The molecule has 0 aliphatic rings. The van der Waals surface area contributed by atoms with Gasteiger partial charge in [0.25, 0.3) is 0 Å². The SMILES string of the molecule is c1ccc(-c2ccc3oc4ccc(-c5cc(-c6ccccc6)nc(-n6c7ccccc7c7ccc8c9ccccc9n(-c9cccc(-c%10ccc%11oc%12ccccc%12c%11c%10)n9)c8c76)n5)cc4c3c2)cc1. The van der Waals surface area contributed by atoms with Gasteiger partial charge in [-0.15, -0.1) is 0 Å². The molecule has 0 unspecified atom stereocenters. The highest BCUT2D eigenvalue weighted by molar-refractivity contribution is 6.23. The molecule has 6 heterocycles. The van der Waals surface area contributed by atoms with E-state index >= 15 is 0 Å². The van der Waals surface area contributed by atoms with E-state index in [-0.39, 0.29) is 0 Å². The van der Waals surface area contributed by atoms with Gasteiger partial charge in [-0.1, -0.05) is 140 Å². The fourth-order valence-electron chi connectivity index (χ4n) is 10.7. The molecule has 326 valence electrons. The van der Waals surface area contributed by atoms with Crippen molar-refractivity contribution in [3.8, 4) is 56.7 Å². The van der Waals surface area contributed by atoms with E-state index in [0.29, 0.717) is 5.95 Å². The Morgan fingerprint density at radius 1 is 0.271 bits per heavy atom. The van der Waals surface area contributed by atoms with Crippen molar-refractivity contribution in [2.45, 2.75) is 0 Å². The van der Waals surface area contributed by atoms with E-state index in [0.717, 1.165) is 138 Å². The molecule has 0 aliphatic heterocycles. The number of pyridine rings is 1. The van der Waals surface area contributed by atoms with Gasteiger partial charge >= 0.3 is 0 Å². The lowest BCUT2D eigenvalue weighted by Crippen LogP contribution is -2.05. The minimum absolute atomic E-state index is 0.567. The second-order valence-electron chi connectivity index (χ2n) is 17.9. The zero-order valence-corrected chi connectivity index (χ0v) is 37.4. The smallest absolute Gasteiger partial charge is 0.235 e. The number of fused-ring (bicyclic) bond motifs is 13. The summed E-state index contributed by atoms with van der Waals surface area (Å²) in [6, 6.07) is 78.3. The summed E-state index contributed by atoms with van der Waals surface area (Å²) >= 11 is 0. The zero-order valence-electron chi connectivity index (χ0n) is 37.4. The van der Waals surface area contributed by atoms with Crippen LogP contribution < -0.4 is 0 Å². The van der Waals surface area contributed by atoms with Crippen LogP contribution in [0.1, 0.15) is 0 Å². The third kappa shape index (κ3) is 5.85. The minimum atomic E-state index is 0.567. The molecule has 9 aromatic carbocycles. The first-order valence-electron chi connectivity index (χ1n) is 23.5. The molecule has 70 heavy (non-hydrogen) atoms. The van der Waals surface area contributed by atoms with Crippen LogP contribution in [0.4, 0.5) is 0 Å². The molecule has 0 fully saturated rings. The van der Waals surface area contributed by atoms with Crippen molar-refractivity contribution in [2.24, 2.45) is 0 Å². The Morgan fingerprint density at radius 3 is 1.43 bits per heavy atom. The fraction of sp³-hybridized carbons (Fsp3) is 0. The molecule has 15 rings (SSSR count). The lowest BCUT2D eigenvalue weighted by molar-refractivity contribution is 0.668. The Bertz CT molecular complexity index is 4600. The zero-order chi connectivity index (χ0) is 45.9. The highest BCUT2D eigenvalue weighted by Gasteiger charge is 2.24. The van der Waals surface area contributed by atoms with Crippen molar-refractivity contribution in [1.82, 2.24) is 24.1 Å². The van der Waals surface area contributed by atoms with Crippen LogP contribution in [-0.4, -0.2) is 24.1 Å². The predicted molar refractivity (Wildman–Crippen MR) is 285 cm³/mol. The van der Waals surface area contributed by atoms with Crippen LogP contribution in [0, 0.1) is 0 Å². The van der Waals surface area contributed by atoms with Gasteiger partial charge in [0.15, 0.2) is 0 Å². The van der Waals surface area contributed by atoms with Gasteiger partial charge in [-0.3, -0.25) is 9.13 Å². The molecule has 0 spiro atoms. The number of hydrogen-bond acceptors (Lipinski definition) is 5. The Hall–Kier alpha value is -9.59. The maximum absolute atomic E-state index is 6.43. The molecule has 6 aromatic heterocycles. The highest BCUT2D eigenvalue weighted by Crippen LogP contribution is 2.43. The minimum Gasteiger partial charge on any atom is -0.456 e. The second kappa shape index (κ2) is 15.0. The van der Waals surface area contributed by atoms with Crippen molar-refractivity contribution >= 4 is 87.5 Å². The quantitative estimate of drug-likeness (QED) is 0.166. The summed E-state index contributed by atoms with van der Waals surface area (Å²) in [7, 11) is 0. The summed E-state index contributed by atoms with van der Waals surface area (Å²) < 4.78 is 17.2. The molecular weight excluding hydrogens is 859 g/mol. The normalized spacial score (nSPS) is 12.0. The first-order chi connectivity index (χ1) is 34.7. The van der Waals surface area contributed by atoms with Crippen molar-refractivity contribution in [2.75, 3.05) is 0 Å². The standard InChI is InChI=1S/C63H37N5O2/c1-3-14-38(15-4-1)40-26-31-58-49(34-40)50-36-42(28-33-59(50)70-58)53-37-52(39-16-5-2-6-17-39)65-63(66-53)68-55-23-11-8-19-44(55)47-30-29-46-43-18-7-10-22-54(43)67(61(46)62(47)68)60-25-13-21-51(64-60)41-27-32-57-48(35-41)45-20-9-12-24-56(45)69-57/h1-37H. The Morgan fingerprint density at radius 2 is 0.757 bits per heavy atom. The summed E-state index contributed by atoms with van der Waals surface area (Å²) in [5.41, 5.74) is 15.2. The van der Waals surface area contributed by atoms with E-state index < -0.39 is 0 Å². The summed E-state index contributed by atoms with van der Waals surface area (Å²) in [6.45, 7) is 0. The van der Waals surface area contributed by atoms with Crippen LogP contribution in [0.2, 0.25) is 0 Å². The van der Waals surface area contributed by atoms with Crippen molar-refractivity contribution in [1.29, 1.82) is 0 Å². The molecule has 0 aliphatic carbocycles. The van der Waals surface area contributed by atoms with Crippen LogP contribution in [0.5, 0.6) is 0 Å². The van der Waals surface area contributed by atoms with Crippen molar-refractivity contribution < 1.29 is 8.83 Å². The maximum Gasteiger partial charge on any atom is 0.235 e. The fourth-order valence-corrected chi connectivity index (χ4v) is 10.7. The largest absolute Gasteiger partial charge is 0.456 e. The predicted octanol–water partition coefficient (Wildman–Crippen LogP) is 16.5. The topological polar surface area (TPSA) is 74.8 Å². The average Bonchev–Trinajstić information content (AvgIpc) is 4.18. The molecule has 0 atom stereocenters. The Kier molecular flexibility index (Phi) is 8.23. The maximum atomic E-state index is 6.43. The van der Waals surface area contributed by atoms with Crippen LogP contribution in [0.3, 0.4) is 0 Å². The lowest BCUT2D eigenvalue weighted by Gasteiger charge is -2.14. The van der Waals surface area contributed by atoms with E-state index in [1.807, 2.05) is 24.3 Å². The molecule has 7 nitrogen and oxygen atoms in total. The van der Waals surface area contributed by atoms with E-state index in [1.54, 1.807) is 0 Å². The van der Waals surface area contributed by atoms with Gasteiger partial charge in [0.05, 0.1) is 39.1 Å². The van der Waals surface area contributed by atoms with E-state index in [9.17, 15) is 0 Å². The summed E-state index contributed by atoms with van der Waals surface area (Å²) in [5.74, 6) is 1.37. The molecule has 0 saturated carbocycles. The van der Waals surface area contributed by atoms with Crippen LogP contribution in [-0.2, 0) is 0 Å². The van der Waals surface area contributed by atoms with Gasteiger partial charge in [-0.2, -0.15) is 0 Å². The molecule has 0 amide bonds. The first-order valence-corrected chi connectivity index (χ1v) is 23.5. The van der Waals surface area contributed by atoms with Gasteiger partial charge < -0.3 is 8.83 Å². The molecule has 7 heteroatoms. The molecule has 0 bridgehead atoms. The number of benzene rings is 9. The van der Waals surface area contributed by atoms with Gasteiger partial charge in [-0.05, 0) is 96.1 Å². The summed E-state index contributed by atoms with van der Waals surface area (Å²) in [4.78, 5) is 16.5. The molecular formula is C63H37N5O2. The molecule has 0 N–H and O–H groups in total. The summed E-state index contributed by atoms with van der Waals surface area (Å²) in [5, 5.41) is 8.68. The number of furan rings is 2. The van der Waals surface area contributed by atoms with Crippen molar-refractivity contribution in [3.63, 3.8) is 0 Å². The number of hydrogen-bond donors (Lipinski definition) is 0. The third-order valence-corrected chi connectivity index (χ3v) is 14.0. The van der Waals surface area contributed by atoms with Gasteiger partial charge in [0, 0.05) is 59.8 Å². The number of nitrogens with zero attached hydrogens (tertiary/aromatic N) is 5.